The monoisotopic (exact) mass is 375 g/mol. The highest BCUT2D eigenvalue weighted by Crippen LogP contribution is 2.23. The van der Waals surface area contributed by atoms with E-state index in [0.717, 1.165) is 23.6 Å². The van der Waals surface area contributed by atoms with Crippen molar-refractivity contribution in [3.63, 3.8) is 0 Å². The number of nitrogens with one attached hydrogen (secondary N) is 1. The minimum Gasteiger partial charge on any atom is -0.349 e. The zero-order chi connectivity index (χ0) is 18.1. The molecule has 0 bridgehead atoms. The van der Waals surface area contributed by atoms with E-state index in [4.69, 9.17) is 11.6 Å². The number of benzene rings is 2. The number of rotatable bonds is 9. The van der Waals surface area contributed by atoms with E-state index in [0.29, 0.717) is 12.3 Å². The third-order valence-electron chi connectivity index (χ3n) is 3.87. The van der Waals surface area contributed by atoms with Crippen LogP contribution in [0.2, 0.25) is 5.02 Å². The molecule has 0 fully saturated rings. The fourth-order valence-corrected chi connectivity index (χ4v) is 3.63. The van der Waals surface area contributed by atoms with Gasteiger partial charge in [0.25, 0.3) is 0 Å². The van der Waals surface area contributed by atoms with E-state index in [2.05, 4.69) is 31.3 Å². The van der Waals surface area contributed by atoms with Gasteiger partial charge in [-0.25, -0.2) is 0 Å². The van der Waals surface area contributed by atoms with Gasteiger partial charge in [-0.15, -0.1) is 11.8 Å². The number of carbonyl (C=O) groups excluding carboxylic acids is 1. The largest absolute Gasteiger partial charge is 0.349 e. The Kier molecular flexibility index (Phi) is 8.36. The number of amides is 1. The molecule has 0 saturated heterocycles. The minimum atomic E-state index is 0.0950. The molecule has 0 aromatic heterocycles. The average Bonchev–Trinajstić information content (AvgIpc) is 2.60. The lowest BCUT2D eigenvalue weighted by Gasteiger charge is -2.21. The molecule has 0 aliphatic carbocycles. The molecule has 0 unspecified atom stereocenters. The molecule has 1 N–H and O–H groups in total. The predicted molar refractivity (Wildman–Crippen MR) is 108 cm³/mol. The summed E-state index contributed by atoms with van der Waals surface area (Å²) in [4.78, 5) is 13.5. The van der Waals surface area contributed by atoms with Gasteiger partial charge in [-0.1, -0.05) is 55.8 Å². The highest BCUT2D eigenvalue weighted by atomic mass is 35.5. The maximum absolute atomic E-state index is 12.3. The van der Waals surface area contributed by atoms with Crippen molar-refractivity contribution in [3.05, 3.63) is 65.2 Å². The molecule has 2 rings (SSSR count). The fraction of sp³-hybridized carbons (Fsp3) is 0.381. The Morgan fingerprint density at radius 1 is 1.08 bits per heavy atom. The van der Waals surface area contributed by atoms with Gasteiger partial charge < -0.3 is 5.32 Å². The van der Waals surface area contributed by atoms with Crippen molar-refractivity contribution in [2.45, 2.75) is 44.0 Å². The topological polar surface area (TPSA) is 29.1 Å². The molecular formula is C21H26ClNOS. The lowest BCUT2D eigenvalue weighted by molar-refractivity contribution is -0.121. The van der Waals surface area contributed by atoms with E-state index in [1.165, 1.54) is 10.5 Å². The first-order chi connectivity index (χ1) is 12.0. The highest BCUT2D eigenvalue weighted by molar-refractivity contribution is 7.99. The van der Waals surface area contributed by atoms with Crippen LogP contribution >= 0.6 is 23.4 Å². The van der Waals surface area contributed by atoms with Gasteiger partial charge in [-0.05, 0) is 54.3 Å². The summed E-state index contributed by atoms with van der Waals surface area (Å²) in [6, 6.07) is 18.1. The zero-order valence-electron chi connectivity index (χ0n) is 14.9. The van der Waals surface area contributed by atoms with E-state index in [-0.39, 0.29) is 11.9 Å². The molecule has 1 atom stereocenters. The van der Waals surface area contributed by atoms with Crippen molar-refractivity contribution >= 4 is 29.3 Å². The Morgan fingerprint density at radius 3 is 2.40 bits per heavy atom. The Labute approximate surface area is 160 Å². The van der Waals surface area contributed by atoms with Crippen LogP contribution < -0.4 is 5.32 Å². The normalized spacial score (nSPS) is 12.2. The van der Waals surface area contributed by atoms with Crippen LogP contribution in [0.4, 0.5) is 0 Å². The molecule has 0 spiro atoms. The molecule has 0 saturated carbocycles. The van der Waals surface area contributed by atoms with Gasteiger partial charge in [0.1, 0.15) is 0 Å². The molecule has 25 heavy (non-hydrogen) atoms. The molecule has 0 radical (unpaired) electrons. The standard InChI is InChI=1S/C21H26ClNOS/c1-16(2)15-20(17-7-4-3-5-8-17)23-21(24)9-6-14-25-19-12-10-18(22)11-13-19/h3-5,7-8,10-13,16,20H,6,9,14-15H2,1-2H3,(H,23,24)/t20-/m1/s1. The Hall–Kier alpha value is -1.45. The first-order valence-corrected chi connectivity index (χ1v) is 10.1. The molecule has 134 valence electrons. The van der Waals surface area contributed by atoms with Gasteiger partial charge >= 0.3 is 0 Å². The maximum atomic E-state index is 12.3. The summed E-state index contributed by atoms with van der Waals surface area (Å²) in [6.07, 6.45) is 2.37. The summed E-state index contributed by atoms with van der Waals surface area (Å²) < 4.78 is 0. The lowest BCUT2D eigenvalue weighted by Crippen LogP contribution is -2.29. The average molecular weight is 376 g/mol. The molecule has 0 aliphatic rings. The molecule has 0 aliphatic heterocycles. The van der Waals surface area contributed by atoms with Crippen molar-refractivity contribution in [1.82, 2.24) is 5.32 Å². The number of thioether (sulfide) groups is 1. The highest BCUT2D eigenvalue weighted by Gasteiger charge is 2.15. The van der Waals surface area contributed by atoms with E-state index >= 15 is 0 Å². The van der Waals surface area contributed by atoms with Crippen molar-refractivity contribution < 1.29 is 4.79 Å². The van der Waals surface area contributed by atoms with Gasteiger partial charge in [0.15, 0.2) is 0 Å². The molecule has 0 heterocycles. The summed E-state index contributed by atoms with van der Waals surface area (Å²) in [5, 5.41) is 3.96. The number of hydrogen-bond donors (Lipinski definition) is 1. The summed E-state index contributed by atoms with van der Waals surface area (Å²) in [7, 11) is 0. The van der Waals surface area contributed by atoms with E-state index in [9.17, 15) is 4.79 Å². The third-order valence-corrected chi connectivity index (χ3v) is 5.23. The predicted octanol–water partition coefficient (Wildman–Crippen LogP) is 6.12. The molecule has 2 nitrogen and oxygen atoms in total. The molecule has 4 heteroatoms. The van der Waals surface area contributed by atoms with Crippen LogP contribution in [0, 0.1) is 5.92 Å². The Balaban J connectivity index is 1.77. The van der Waals surface area contributed by atoms with Gasteiger partial charge in [0.2, 0.25) is 5.91 Å². The van der Waals surface area contributed by atoms with Crippen molar-refractivity contribution in [1.29, 1.82) is 0 Å². The molecule has 2 aromatic carbocycles. The van der Waals surface area contributed by atoms with E-state index in [1.807, 2.05) is 42.5 Å². The van der Waals surface area contributed by atoms with Crippen molar-refractivity contribution in [2.75, 3.05) is 5.75 Å². The smallest absolute Gasteiger partial charge is 0.220 e. The number of carbonyl (C=O) groups is 1. The zero-order valence-corrected chi connectivity index (χ0v) is 16.4. The number of hydrogen-bond acceptors (Lipinski definition) is 2. The number of halogens is 1. The second kappa shape index (κ2) is 10.5. The van der Waals surface area contributed by atoms with Crippen LogP contribution in [-0.2, 0) is 4.79 Å². The van der Waals surface area contributed by atoms with Gasteiger partial charge in [0.05, 0.1) is 6.04 Å². The first-order valence-electron chi connectivity index (χ1n) is 8.77. The van der Waals surface area contributed by atoms with Gasteiger partial charge in [-0.3, -0.25) is 4.79 Å². The summed E-state index contributed by atoms with van der Waals surface area (Å²) in [5.74, 6) is 1.59. The van der Waals surface area contributed by atoms with E-state index in [1.54, 1.807) is 11.8 Å². The van der Waals surface area contributed by atoms with Gasteiger partial charge in [0, 0.05) is 16.3 Å². The quantitative estimate of drug-likeness (QED) is 0.422. The van der Waals surface area contributed by atoms with Crippen LogP contribution in [0.15, 0.2) is 59.5 Å². The SMILES string of the molecule is CC(C)C[C@@H](NC(=O)CCCSc1ccc(Cl)cc1)c1ccccc1. The minimum absolute atomic E-state index is 0.0950. The summed E-state index contributed by atoms with van der Waals surface area (Å²) in [6.45, 7) is 4.37. The Morgan fingerprint density at radius 2 is 1.76 bits per heavy atom. The second-order valence-corrected chi connectivity index (χ2v) is 8.17. The van der Waals surface area contributed by atoms with Crippen LogP contribution in [-0.4, -0.2) is 11.7 Å². The van der Waals surface area contributed by atoms with Crippen molar-refractivity contribution in [3.8, 4) is 0 Å². The molecular weight excluding hydrogens is 350 g/mol. The summed E-state index contributed by atoms with van der Waals surface area (Å²) in [5.41, 5.74) is 1.18. The summed E-state index contributed by atoms with van der Waals surface area (Å²) >= 11 is 7.65. The van der Waals surface area contributed by atoms with Crippen LogP contribution in [0.3, 0.4) is 0 Å². The maximum Gasteiger partial charge on any atom is 0.220 e. The van der Waals surface area contributed by atoms with Gasteiger partial charge in [-0.2, -0.15) is 0 Å². The molecule has 2 aromatic rings. The Bertz CT molecular complexity index is 643. The third kappa shape index (κ3) is 7.54. The van der Waals surface area contributed by atoms with Crippen LogP contribution in [0.25, 0.3) is 0 Å². The van der Waals surface area contributed by atoms with Crippen LogP contribution in [0.1, 0.15) is 44.7 Å². The van der Waals surface area contributed by atoms with Crippen LogP contribution in [0.5, 0.6) is 0 Å². The molecule has 1 amide bonds. The lowest BCUT2D eigenvalue weighted by atomic mass is 9.97. The first kappa shape index (κ1) is 19.9. The second-order valence-electron chi connectivity index (χ2n) is 6.57. The van der Waals surface area contributed by atoms with Crippen molar-refractivity contribution in [2.24, 2.45) is 5.92 Å². The van der Waals surface area contributed by atoms with E-state index < -0.39 is 0 Å². The fourth-order valence-electron chi connectivity index (χ4n) is 2.66.